The Morgan fingerprint density at radius 1 is 1.13 bits per heavy atom. The van der Waals surface area contributed by atoms with Crippen molar-refractivity contribution >= 4 is 17.8 Å². The third-order valence-electron chi connectivity index (χ3n) is 8.96. The fourth-order valence-electron chi connectivity index (χ4n) is 6.65. The Kier molecular flexibility index (Phi) is 6.43. The number of epoxide rings is 1. The highest BCUT2D eigenvalue weighted by atomic mass is 16.7. The Morgan fingerprint density at radius 2 is 1.84 bits per heavy atom. The number of hydrogen-bond acceptors (Lipinski definition) is 8. The number of carbonyl (C=O) groups is 3. The summed E-state index contributed by atoms with van der Waals surface area (Å²) in [5.41, 5.74) is -2.89. The summed E-state index contributed by atoms with van der Waals surface area (Å²) in [5, 5.41) is 13.7. The van der Waals surface area contributed by atoms with E-state index in [9.17, 15) is 19.5 Å². The van der Waals surface area contributed by atoms with Gasteiger partial charge in [-0.05, 0) is 56.4 Å². The molecule has 0 unspecified atom stereocenters. The largest absolute Gasteiger partial charge is 0.514 e. The van der Waals surface area contributed by atoms with Gasteiger partial charge in [0.15, 0.2) is 5.78 Å². The highest BCUT2D eigenvalue weighted by Crippen LogP contribution is 2.63. The SMILES string of the molecule is COc1ccc(C[C@@H]2NC(=O)[C@@]34OC(=O)O/C=C\[C@@](C)(O)C(=O)[C@@H](C)C/C=C/[C@H]3[C@@H]3O[C@]3(C)[C@@H](C)[C@H]24)cc1. The van der Waals surface area contributed by atoms with Crippen LogP contribution in [0.1, 0.15) is 39.7 Å². The minimum atomic E-state index is -1.82. The van der Waals surface area contributed by atoms with Crippen LogP contribution < -0.4 is 10.1 Å². The molecule has 1 aliphatic carbocycles. The van der Waals surface area contributed by atoms with Crippen molar-refractivity contribution in [3.05, 3.63) is 54.3 Å². The fraction of sp³-hybridized carbons (Fsp3) is 0.552. The maximum Gasteiger partial charge on any atom is 0.514 e. The molecule has 3 aliphatic heterocycles. The van der Waals surface area contributed by atoms with Crippen LogP contribution in [0.5, 0.6) is 5.75 Å². The van der Waals surface area contributed by atoms with Gasteiger partial charge in [-0.15, -0.1) is 0 Å². The molecule has 3 heterocycles. The average molecular weight is 526 g/mol. The lowest BCUT2D eigenvalue weighted by Crippen LogP contribution is -2.61. The van der Waals surface area contributed by atoms with E-state index in [0.717, 1.165) is 23.7 Å². The summed E-state index contributed by atoms with van der Waals surface area (Å²) in [5.74, 6) is -1.71. The van der Waals surface area contributed by atoms with E-state index in [0.29, 0.717) is 12.8 Å². The van der Waals surface area contributed by atoms with Gasteiger partial charge in [-0.1, -0.05) is 38.1 Å². The summed E-state index contributed by atoms with van der Waals surface area (Å²) in [6, 6.07) is 7.32. The van der Waals surface area contributed by atoms with E-state index in [1.807, 2.05) is 50.3 Å². The number of allylic oxidation sites excluding steroid dienone is 1. The molecule has 4 aliphatic rings. The number of ketones is 1. The molecule has 0 bridgehead atoms. The van der Waals surface area contributed by atoms with Crippen LogP contribution >= 0.6 is 0 Å². The predicted octanol–water partition coefficient (Wildman–Crippen LogP) is 3.10. The van der Waals surface area contributed by atoms with E-state index in [1.165, 1.54) is 6.92 Å². The molecule has 5 rings (SSSR count). The topological polar surface area (TPSA) is 124 Å². The third-order valence-corrected chi connectivity index (χ3v) is 8.96. The van der Waals surface area contributed by atoms with Gasteiger partial charge in [-0.3, -0.25) is 9.59 Å². The van der Waals surface area contributed by atoms with Crippen LogP contribution in [0.15, 0.2) is 48.8 Å². The first-order valence-electron chi connectivity index (χ1n) is 13.1. The van der Waals surface area contributed by atoms with E-state index in [-0.39, 0.29) is 18.1 Å². The fourth-order valence-corrected chi connectivity index (χ4v) is 6.65. The molecule has 9 atom stereocenters. The van der Waals surface area contributed by atoms with E-state index in [2.05, 4.69) is 5.32 Å². The monoisotopic (exact) mass is 525 g/mol. The number of hydrogen-bond donors (Lipinski definition) is 2. The Labute approximate surface area is 222 Å². The lowest BCUT2D eigenvalue weighted by molar-refractivity contribution is -0.153. The minimum absolute atomic E-state index is 0.125. The molecule has 204 valence electrons. The van der Waals surface area contributed by atoms with E-state index < -0.39 is 52.4 Å². The standard InChI is InChI=1S/C29H35NO8/c1-16-7-6-8-20-24-28(4,37-24)17(2)22-21(15-18-9-11-19(35-5)12-10-18)30-25(32)29(20,22)38-26(33)36-14-13-27(3,34)23(16)31/h6,8-14,16-17,20-22,24,34H,7,15H2,1-5H3,(H,30,32)/b8-6+,14-13-/t16-,17-,20-,21-,22+,24-,27+,28+,29+/m0/s1. The van der Waals surface area contributed by atoms with Crippen LogP contribution in [0.2, 0.25) is 0 Å². The summed E-state index contributed by atoms with van der Waals surface area (Å²) < 4.78 is 22.6. The Morgan fingerprint density at radius 3 is 2.53 bits per heavy atom. The molecule has 0 radical (unpaired) electrons. The van der Waals surface area contributed by atoms with Gasteiger partial charge in [0.25, 0.3) is 5.91 Å². The quantitative estimate of drug-likeness (QED) is 0.351. The van der Waals surface area contributed by atoms with Gasteiger partial charge >= 0.3 is 6.16 Å². The number of aliphatic hydroxyl groups is 1. The van der Waals surface area contributed by atoms with Crippen molar-refractivity contribution in [1.29, 1.82) is 0 Å². The molecule has 1 saturated carbocycles. The van der Waals surface area contributed by atoms with Crippen LogP contribution in [0.25, 0.3) is 0 Å². The number of Topliss-reactive ketones (excluding diaryl/α,β-unsaturated/α-hetero) is 1. The predicted molar refractivity (Wildman–Crippen MR) is 136 cm³/mol. The molecule has 1 aromatic carbocycles. The molecule has 2 saturated heterocycles. The third kappa shape index (κ3) is 4.12. The number of nitrogens with one attached hydrogen (secondary N) is 1. The number of fused-ring (bicyclic) bond motifs is 2. The summed E-state index contributed by atoms with van der Waals surface area (Å²) in [7, 11) is 1.61. The zero-order chi connectivity index (χ0) is 27.5. The molecule has 1 spiro atoms. The van der Waals surface area contributed by atoms with Crippen molar-refractivity contribution in [3.8, 4) is 5.75 Å². The van der Waals surface area contributed by atoms with Gasteiger partial charge in [-0.2, -0.15) is 0 Å². The second kappa shape index (κ2) is 9.24. The summed E-state index contributed by atoms with van der Waals surface area (Å²) >= 11 is 0. The molecular formula is C29H35NO8. The molecular weight excluding hydrogens is 490 g/mol. The number of rotatable bonds is 3. The van der Waals surface area contributed by atoms with Crippen molar-refractivity contribution in [2.24, 2.45) is 23.7 Å². The van der Waals surface area contributed by atoms with Crippen LogP contribution in [0, 0.1) is 23.7 Å². The molecule has 2 N–H and O–H groups in total. The summed E-state index contributed by atoms with van der Waals surface area (Å²) in [6.07, 6.45) is 5.15. The maximum absolute atomic E-state index is 13.9. The van der Waals surface area contributed by atoms with Gasteiger partial charge < -0.3 is 29.4 Å². The highest BCUT2D eigenvalue weighted by Gasteiger charge is 2.78. The summed E-state index contributed by atoms with van der Waals surface area (Å²) in [6.45, 7) is 7.12. The number of cyclic esters (lactones) is 1. The molecule has 38 heavy (non-hydrogen) atoms. The zero-order valence-electron chi connectivity index (χ0n) is 22.3. The lowest BCUT2D eigenvalue weighted by atomic mass is 9.59. The Bertz CT molecular complexity index is 1190. The van der Waals surface area contributed by atoms with Gasteiger partial charge in [0.2, 0.25) is 5.60 Å². The molecule has 3 fully saturated rings. The average Bonchev–Trinajstić information content (AvgIpc) is 3.49. The van der Waals surface area contributed by atoms with E-state index in [4.69, 9.17) is 18.9 Å². The van der Waals surface area contributed by atoms with Crippen LogP contribution in [0.3, 0.4) is 0 Å². The molecule has 1 aromatic rings. The van der Waals surface area contributed by atoms with Gasteiger partial charge in [0.1, 0.15) is 11.4 Å². The van der Waals surface area contributed by atoms with Crippen molar-refractivity contribution in [2.45, 2.75) is 69.5 Å². The van der Waals surface area contributed by atoms with Crippen molar-refractivity contribution in [3.63, 3.8) is 0 Å². The highest BCUT2D eigenvalue weighted by molar-refractivity contribution is 5.92. The number of methoxy groups -OCH3 is 1. The number of amides is 1. The summed E-state index contributed by atoms with van der Waals surface area (Å²) in [4.78, 5) is 39.7. The lowest BCUT2D eigenvalue weighted by Gasteiger charge is -2.45. The van der Waals surface area contributed by atoms with Crippen LogP contribution in [-0.4, -0.2) is 59.0 Å². The molecule has 9 heteroatoms. The molecule has 9 nitrogen and oxygen atoms in total. The second-order valence-electron chi connectivity index (χ2n) is 11.3. The first-order valence-corrected chi connectivity index (χ1v) is 13.1. The molecule has 1 amide bonds. The molecule has 0 aromatic heterocycles. The first-order chi connectivity index (χ1) is 17.9. The minimum Gasteiger partial charge on any atom is -0.497 e. The first kappa shape index (κ1) is 26.4. The second-order valence-corrected chi connectivity index (χ2v) is 11.3. The van der Waals surface area contributed by atoms with Crippen LogP contribution in [-0.2, 0) is 30.2 Å². The number of benzene rings is 1. The van der Waals surface area contributed by atoms with Crippen molar-refractivity contribution < 1.29 is 38.4 Å². The number of carbonyl (C=O) groups excluding carboxylic acids is 3. The van der Waals surface area contributed by atoms with Crippen molar-refractivity contribution in [2.75, 3.05) is 7.11 Å². The van der Waals surface area contributed by atoms with Gasteiger partial charge in [-0.25, -0.2) is 4.79 Å². The smallest absolute Gasteiger partial charge is 0.497 e. The number of ether oxygens (including phenoxy) is 4. The Hall–Kier alpha value is -3.17. The van der Waals surface area contributed by atoms with Gasteiger partial charge in [0, 0.05) is 17.9 Å². The maximum atomic E-state index is 13.9. The van der Waals surface area contributed by atoms with Crippen LogP contribution in [0.4, 0.5) is 4.79 Å². The van der Waals surface area contributed by atoms with Crippen molar-refractivity contribution in [1.82, 2.24) is 5.32 Å². The van der Waals surface area contributed by atoms with E-state index >= 15 is 0 Å². The van der Waals surface area contributed by atoms with E-state index in [1.54, 1.807) is 14.0 Å². The zero-order valence-corrected chi connectivity index (χ0v) is 22.3. The van der Waals surface area contributed by atoms with Gasteiger partial charge in [0.05, 0.1) is 31.0 Å². The normalized spacial score (nSPS) is 43.9. The Balaban J connectivity index is 1.55.